The van der Waals surface area contributed by atoms with Crippen molar-refractivity contribution in [1.29, 1.82) is 0 Å². The van der Waals surface area contributed by atoms with Gasteiger partial charge in [-0.05, 0) is 61.4 Å². The van der Waals surface area contributed by atoms with Crippen LogP contribution in [0.4, 0.5) is 14.5 Å². The number of Topliss-reactive ketones (excluding diaryl/α,β-unsaturated/α-hetero) is 1. The zero-order valence-corrected chi connectivity index (χ0v) is 18.3. The van der Waals surface area contributed by atoms with Gasteiger partial charge in [-0.1, -0.05) is 24.3 Å². The average molecular weight is 471 g/mol. The summed E-state index contributed by atoms with van der Waals surface area (Å²) in [5.41, 5.74) is 1.30. The number of hydrogen-bond donors (Lipinski definition) is 0. The van der Waals surface area contributed by atoms with Crippen molar-refractivity contribution in [2.24, 2.45) is 0 Å². The molecule has 33 heavy (non-hydrogen) atoms. The van der Waals surface area contributed by atoms with Crippen LogP contribution in [0.15, 0.2) is 71.6 Å². The van der Waals surface area contributed by atoms with Crippen LogP contribution in [0.2, 0.25) is 0 Å². The standard InChI is InChI=1S/C24H19F2NO5S/c1-15-11-16-5-2-3-8-22(16)27(15)33(30,31)19-7-4-6-18(12-19)24(29)32-14-23(28)17-9-10-20(25)21(26)13-17/h2-10,12-13,15H,11,14H2,1H3/t15-/m1/s1. The molecular formula is C24H19F2NO5S. The number of benzene rings is 3. The van der Waals surface area contributed by atoms with Crippen LogP contribution in [0.5, 0.6) is 0 Å². The molecule has 0 aromatic heterocycles. The predicted octanol–water partition coefficient (Wildman–Crippen LogP) is 4.14. The third-order valence-corrected chi connectivity index (χ3v) is 7.27. The van der Waals surface area contributed by atoms with Gasteiger partial charge >= 0.3 is 5.97 Å². The van der Waals surface area contributed by atoms with E-state index in [0.717, 1.165) is 17.7 Å². The minimum Gasteiger partial charge on any atom is -0.454 e. The van der Waals surface area contributed by atoms with Gasteiger partial charge in [-0.2, -0.15) is 0 Å². The summed E-state index contributed by atoms with van der Waals surface area (Å²) in [6.07, 6.45) is 0.573. The van der Waals surface area contributed by atoms with E-state index in [0.29, 0.717) is 18.2 Å². The van der Waals surface area contributed by atoms with Gasteiger partial charge in [-0.3, -0.25) is 9.10 Å². The molecule has 6 nitrogen and oxygen atoms in total. The molecule has 3 aromatic carbocycles. The quantitative estimate of drug-likeness (QED) is 0.399. The smallest absolute Gasteiger partial charge is 0.338 e. The molecule has 0 amide bonds. The molecule has 0 fully saturated rings. The van der Waals surface area contributed by atoms with Gasteiger partial charge in [0.2, 0.25) is 0 Å². The largest absolute Gasteiger partial charge is 0.454 e. The highest BCUT2D eigenvalue weighted by atomic mass is 32.2. The molecule has 0 spiro atoms. The summed E-state index contributed by atoms with van der Waals surface area (Å²) in [6, 6.07) is 14.9. The Bertz CT molecular complexity index is 1360. The van der Waals surface area contributed by atoms with Crippen LogP contribution in [0.3, 0.4) is 0 Å². The maximum Gasteiger partial charge on any atom is 0.338 e. The number of carbonyl (C=O) groups is 2. The Kier molecular flexibility index (Phi) is 5.99. The van der Waals surface area contributed by atoms with Gasteiger partial charge in [0.15, 0.2) is 24.0 Å². The van der Waals surface area contributed by atoms with Crippen LogP contribution in [0, 0.1) is 11.6 Å². The topological polar surface area (TPSA) is 80.8 Å². The summed E-state index contributed by atoms with van der Waals surface area (Å²) in [5.74, 6) is -3.94. The zero-order chi connectivity index (χ0) is 23.8. The van der Waals surface area contributed by atoms with Gasteiger partial charge in [-0.15, -0.1) is 0 Å². The van der Waals surface area contributed by atoms with Crippen LogP contribution in [-0.4, -0.2) is 32.8 Å². The zero-order valence-electron chi connectivity index (χ0n) is 17.5. The summed E-state index contributed by atoms with van der Waals surface area (Å²) in [4.78, 5) is 24.5. The average Bonchev–Trinajstić information content (AvgIpc) is 3.15. The van der Waals surface area contributed by atoms with Gasteiger partial charge in [0.1, 0.15) is 0 Å². The Hall–Kier alpha value is -3.59. The number of sulfonamides is 1. The molecule has 0 N–H and O–H groups in total. The van der Waals surface area contributed by atoms with E-state index < -0.39 is 40.0 Å². The van der Waals surface area contributed by atoms with Crippen LogP contribution in [0.25, 0.3) is 0 Å². The molecular weight excluding hydrogens is 452 g/mol. The maximum absolute atomic E-state index is 13.3. The van der Waals surface area contributed by atoms with Crippen molar-refractivity contribution in [3.05, 3.63) is 95.1 Å². The van der Waals surface area contributed by atoms with Crippen molar-refractivity contribution in [2.45, 2.75) is 24.3 Å². The van der Waals surface area contributed by atoms with E-state index >= 15 is 0 Å². The van der Waals surface area contributed by atoms with E-state index in [1.54, 1.807) is 19.1 Å². The van der Waals surface area contributed by atoms with Crippen molar-refractivity contribution in [1.82, 2.24) is 0 Å². The Balaban J connectivity index is 1.52. The fraction of sp³-hybridized carbons (Fsp3) is 0.167. The number of ketones is 1. The molecule has 4 rings (SSSR count). The minimum absolute atomic E-state index is 0.0608. The Morgan fingerprint density at radius 1 is 0.970 bits per heavy atom. The van der Waals surface area contributed by atoms with Gasteiger partial charge in [0.05, 0.1) is 16.1 Å². The molecule has 0 unspecified atom stereocenters. The number of nitrogens with zero attached hydrogens (tertiary/aromatic N) is 1. The second-order valence-electron chi connectivity index (χ2n) is 7.64. The molecule has 3 aromatic rings. The lowest BCUT2D eigenvalue weighted by molar-refractivity contribution is 0.0474. The first-order chi connectivity index (χ1) is 15.7. The molecule has 1 aliphatic rings. The van der Waals surface area contributed by atoms with Gasteiger partial charge in [-0.25, -0.2) is 22.0 Å². The maximum atomic E-state index is 13.3. The van der Waals surface area contributed by atoms with E-state index in [2.05, 4.69) is 0 Å². The number of esters is 1. The highest BCUT2D eigenvalue weighted by Crippen LogP contribution is 2.36. The molecule has 0 radical (unpaired) electrons. The molecule has 0 aliphatic carbocycles. The molecule has 170 valence electrons. The molecule has 1 heterocycles. The molecule has 0 bridgehead atoms. The highest BCUT2D eigenvalue weighted by molar-refractivity contribution is 7.92. The molecule has 0 saturated carbocycles. The predicted molar refractivity (Wildman–Crippen MR) is 117 cm³/mol. The molecule has 0 saturated heterocycles. The summed E-state index contributed by atoms with van der Waals surface area (Å²) >= 11 is 0. The van der Waals surface area contributed by atoms with E-state index in [-0.39, 0.29) is 22.1 Å². The Morgan fingerprint density at radius 3 is 2.48 bits per heavy atom. The lowest BCUT2D eigenvalue weighted by Crippen LogP contribution is -2.35. The van der Waals surface area contributed by atoms with Crippen LogP contribution in [0.1, 0.15) is 33.2 Å². The van der Waals surface area contributed by atoms with Crippen molar-refractivity contribution >= 4 is 27.5 Å². The SMILES string of the molecule is C[C@@H]1Cc2ccccc2N1S(=O)(=O)c1cccc(C(=O)OCC(=O)c2ccc(F)c(F)c2)c1. The first kappa shape index (κ1) is 22.6. The fourth-order valence-corrected chi connectivity index (χ4v) is 5.51. The first-order valence-corrected chi connectivity index (χ1v) is 11.5. The summed E-state index contributed by atoms with van der Waals surface area (Å²) in [6.45, 7) is 1.09. The fourth-order valence-electron chi connectivity index (χ4n) is 3.77. The number of rotatable bonds is 6. The van der Waals surface area contributed by atoms with Gasteiger partial charge in [0, 0.05) is 11.6 Å². The van der Waals surface area contributed by atoms with Gasteiger partial charge in [0.25, 0.3) is 10.0 Å². The van der Waals surface area contributed by atoms with Crippen LogP contribution < -0.4 is 4.31 Å². The Morgan fingerprint density at radius 2 is 1.73 bits per heavy atom. The number of anilines is 1. The van der Waals surface area contributed by atoms with E-state index in [9.17, 15) is 26.8 Å². The van der Waals surface area contributed by atoms with Crippen molar-refractivity contribution < 1.29 is 31.5 Å². The number of halogens is 2. The second kappa shape index (κ2) is 8.74. The second-order valence-corrected chi connectivity index (χ2v) is 9.45. The number of ether oxygens (including phenoxy) is 1. The van der Waals surface area contributed by atoms with Crippen molar-refractivity contribution in [2.75, 3.05) is 10.9 Å². The normalized spacial score (nSPS) is 15.2. The Labute approximate surface area is 189 Å². The summed E-state index contributed by atoms with van der Waals surface area (Å²) in [7, 11) is -3.96. The van der Waals surface area contributed by atoms with E-state index in [4.69, 9.17) is 4.74 Å². The molecule has 9 heteroatoms. The molecule has 1 aliphatic heterocycles. The third kappa shape index (κ3) is 4.36. The van der Waals surface area contributed by atoms with E-state index in [1.807, 2.05) is 12.1 Å². The lowest BCUT2D eigenvalue weighted by atomic mass is 10.1. The number of fused-ring (bicyclic) bond motifs is 1. The summed E-state index contributed by atoms with van der Waals surface area (Å²) < 4.78 is 59.3. The number of carbonyl (C=O) groups excluding carboxylic acids is 2. The van der Waals surface area contributed by atoms with E-state index in [1.165, 1.54) is 28.6 Å². The monoisotopic (exact) mass is 471 g/mol. The van der Waals surface area contributed by atoms with Crippen molar-refractivity contribution in [3.63, 3.8) is 0 Å². The minimum atomic E-state index is -3.96. The van der Waals surface area contributed by atoms with Crippen LogP contribution >= 0.6 is 0 Å². The van der Waals surface area contributed by atoms with Gasteiger partial charge < -0.3 is 4.74 Å². The molecule has 1 atom stereocenters. The number of para-hydroxylation sites is 1. The van der Waals surface area contributed by atoms with Crippen LogP contribution in [-0.2, 0) is 21.2 Å². The summed E-state index contributed by atoms with van der Waals surface area (Å²) in [5, 5.41) is 0. The highest BCUT2D eigenvalue weighted by Gasteiger charge is 2.36. The first-order valence-electron chi connectivity index (χ1n) is 10.1. The lowest BCUT2D eigenvalue weighted by Gasteiger charge is -2.24. The van der Waals surface area contributed by atoms with Crippen molar-refractivity contribution in [3.8, 4) is 0 Å². The third-order valence-electron chi connectivity index (χ3n) is 5.35. The number of hydrogen-bond acceptors (Lipinski definition) is 5.